The van der Waals surface area contributed by atoms with Gasteiger partial charge in [-0.3, -0.25) is 0 Å². The quantitative estimate of drug-likeness (QED) is 0.533. The molecule has 3 rings (SSSR count). The van der Waals surface area contributed by atoms with Crippen LogP contribution in [0.4, 0.5) is 5.69 Å². The lowest BCUT2D eigenvalue weighted by atomic mass is 10.1. The van der Waals surface area contributed by atoms with Gasteiger partial charge in [0.25, 0.3) is 0 Å². The summed E-state index contributed by atoms with van der Waals surface area (Å²) in [5.41, 5.74) is 2.83. The van der Waals surface area contributed by atoms with E-state index in [-0.39, 0.29) is 5.56 Å². The van der Waals surface area contributed by atoms with Crippen LogP contribution < -0.4 is 5.32 Å². The third-order valence-corrected chi connectivity index (χ3v) is 4.59. The van der Waals surface area contributed by atoms with E-state index < -0.39 is 5.97 Å². The minimum absolute atomic E-state index is 0.271. The Morgan fingerprint density at radius 1 is 1.20 bits per heavy atom. The van der Waals surface area contributed by atoms with Crippen molar-refractivity contribution in [2.24, 2.45) is 0 Å². The van der Waals surface area contributed by atoms with Crippen LogP contribution in [0.1, 0.15) is 21.7 Å². The second-order valence-electron chi connectivity index (χ2n) is 5.58. The Kier molecular flexibility index (Phi) is 5.16. The number of hydrogen-bond acceptors (Lipinski definition) is 3. The number of anilines is 1. The molecule has 0 atom stereocenters. The average Bonchev–Trinajstić information content (AvgIpc) is 3.02. The van der Waals surface area contributed by atoms with Gasteiger partial charge >= 0.3 is 5.97 Å². The Bertz CT molecular complexity index is 936. The van der Waals surface area contributed by atoms with E-state index in [4.69, 9.17) is 21.1 Å². The maximum atomic E-state index is 11.0. The largest absolute Gasteiger partial charge is 0.478 e. The summed E-state index contributed by atoms with van der Waals surface area (Å²) in [5.74, 6) is 0.527. The summed E-state index contributed by atoms with van der Waals surface area (Å²) in [7, 11) is 0. The first-order chi connectivity index (χ1) is 11.9. The number of nitrogens with one attached hydrogen (secondary N) is 1. The normalized spacial score (nSPS) is 10.7. The van der Waals surface area contributed by atoms with Gasteiger partial charge in [0.1, 0.15) is 11.5 Å². The first-order valence-electron chi connectivity index (χ1n) is 7.56. The van der Waals surface area contributed by atoms with E-state index in [0.29, 0.717) is 17.3 Å². The van der Waals surface area contributed by atoms with E-state index in [1.807, 2.05) is 37.3 Å². The number of carboxylic acid groups (broad SMARTS) is 1. The molecule has 4 nitrogen and oxygen atoms in total. The summed E-state index contributed by atoms with van der Waals surface area (Å²) in [6.45, 7) is 2.35. The van der Waals surface area contributed by atoms with E-state index in [2.05, 4.69) is 21.2 Å². The molecule has 0 amide bonds. The lowest BCUT2D eigenvalue weighted by Crippen LogP contribution is -2.02. The van der Waals surface area contributed by atoms with Crippen LogP contribution in [-0.4, -0.2) is 11.1 Å². The molecule has 0 bridgehead atoms. The highest BCUT2D eigenvalue weighted by atomic mass is 79.9. The van der Waals surface area contributed by atoms with Crippen LogP contribution in [0.25, 0.3) is 11.3 Å². The molecule has 0 aliphatic rings. The first-order valence-corrected chi connectivity index (χ1v) is 8.73. The summed E-state index contributed by atoms with van der Waals surface area (Å²) in [6, 6.07) is 14.4. The van der Waals surface area contributed by atoms with Gasteiger partial charge in [0.05, 0.1) is 17.1 Å². The zero-order chi connectivity index (χ0) is 18.0. The molecule has 0 aliphatic carbocycles. The Labute approximate surface area is 158 Å². The molecule has 6 heteroatoms. The van der Waals surface area contributed by atoms with Crippen molar-refractivity contribution >= 4 is 39.2 Å². The minimum Gasteiger partial charge on any atom is -0.478 e. The van der Waals surface area contributed by atoms with Crippen LogP contribution >= 0.6 is 27.5 Å². The number of benzene rings is 2. The standard InChI is InChI=1S/C19H15BrClNO3/c1-11-8-12(19(23)24)2-6-17(11)22-10-14-4-7-18(25-14)15-5-3-13(20)9-16(15)21/h2-9,22H,10H2,1H3,(H,23,24). The van der Waals surface area contributed by atoms with Crippen molar-refractivity contribution in [3.63, 3.8) is 0 Å². The Morgan fingerprint density at radius 3 is 2.68 bits per heavy atom. The molecule has 25 heavy (non-hydrogen) atoms. The molecule has 0 radical (unpaired) electrons. The summed E-state index contributed by atoms with van der Waals surface area (Å²) in [6.07, 6.45) is 0. The van der Waals surface area contributed by atoms with E-state index in [0.717, 1.165) is 27.0 Å². The number of carbonyl (C=O) groups is 1. The summed E-state index contributed by atoms with van der Waals surface area (Å²) >= 11 is 9.64. The summed E-state index contributed by atoms with van der Waals surface area (Å²) in [4.78, 5) is 11.0. The van der Waals surface area contributed by atoms with Gasteiger partial charge in [0, 0.05) is 15.7 Å². The third-order valence-electron chi connectivity index (χ3n) is 3.78. The fraction of sp³-hybridized carbons (Fsp3) is 0.105. The molecule has 0 aliphatic heterocycles. The van der Waals surface area contributed by atoms with Gasteiger partial charge in [-0.05, 0) is 61.0 Å². The van der Waals surface area contributed by atoms with Crippen molar-refractivity contribution < 1.29 is 14.3 Å². The van der Waals surface area contributed by atoms with Crippen LogP contribution in [0, 0.1) is 6.92 Å². The van der Waals surface area contributed by atoms with Crippen molar-refractivity contribution in [1.29, 1.82) is 0 Å². The molecule has 1 heterocycles. The number of rotatable bonds is 5. The molecule has 2 aromatic carbocycles. The number of halogens is 2. The topological polar surface area (TPSA) is 62.5 Å². The Morgan fingerprint density at radius 2 is 2.00 bits per heavy atom. The Hall–Kier alpha value is -2.24. The highest BCUT2D eigenvalue weighted by Gasteiger charge is 2.10. The van der Waals surface area contributed by atoms with Gasteiger partial charge in [-0.1, -0.05) is 27.5 Å². The van der Waals surface area contributed by atoms with Crippen LogP contribution in [0.15, 0.2) is 57.4 Å². The Balaban J connectivity index is 1.73. The molecule has 1 aromatic heterocycles. The molecule has 0 fully saturated rings. The number of carboxylic acids is 1. The number of aromatic carboxylic acids is 1. The monoisotopic (exact) mass is 419 g/mol. The summed E-state index contributed by atoms with van der Waals surface area (Å²) < 4.78 is 6.77. The molecule has 3 aromatic rings. The number of furan rings is 1. The molecule has 0 spiro atoms. The van der Waals surface area contributed by atoms with Gasteiger partial charge < -0.3 is 14.8 Å². The lowest BCUT2D eigenvalue weighted by Gasteiger charge is -2.09. The van der Waals surface area contributed by atoms with Gasteiger partial charge in [-0.2, -0.15) is 0 Å². The molecule has 0 saturated heterocycles. The smallest absolute Gasteiger partial charge is 0.335 e. The van der Waals surface area contributed by atoms with E-state index in [1.165, 1.54) is 0 Å². The highest BCUT2D eigenvalue weighted by Crippen LogP contribution is 2.31. The zero-order valence-electron chi connectivity index (χ0n) is 13.3. The van der Waals surface area contributed by atoms with Gasteiger partial charge in [0.15, 0.2) is 0 Å². The van der Waals surface area contributed by atoms with E-state index >= 15 is 0 Å². The molecule has 128 valence electrons. The molecular weight excluding hydrogens is 406 g/mol. The van der Waals surface area contributed by atoms with Crippen LogP contribution in [-0.2, 0) is 6.54 Å². The van der Waals surface area contributed by atoms with Crippen LogP contribution in [0.5, 0.6) is 0 Å². The van der Waals surface area contributed by atoms with E-state index in [1.54, 1.807) is 18.2 Å². The van der Waals surface area contributed by atoms with Crippen molar-refractivity contribution in [1.82, 2.24) is 0 Å². The fourth-order valence-corrected chi connectivity index (χ4v) is 3.25. The van der Waals surface area contributed by atoms with Crippen molar-refractivity contribution in [3.8, 4) is 11.3 Å². The molecular formula is C19H15BrClNO3. The van der Waals surface area contributed by atoms with Gasteiger partial charge in [0.2, 0.25) is 0 Å². The predicted molar refractivity (Wildman–Crippen MR) is 102 cm³/mol. The maximum absolute atomic E-state index is 11.0. The van der Waals surface area contributed by atoms with Crippen molar-refractivity contribution in [2.45, 2.75) is 13.5 Å². The predicted octanol–water partition coefficient (Wildman–Crippen LogP) is 5.98. The second kappa shape index (κ2) is 7.33. The first kappa shape index (κ1) is 17.6. The average molecular weight is 421 g/mol. The molecule has 0 unspecified atom stereocenters. The zero-order valence-corrected chi connectivity index (χ0v) is 15.7. The third kappa shape index (κ3) is 4.06. The van der Waals surface area contributed by atoms with Gasteiger partial charge in [-0.15, -0.1) is 0 Å². The van der Waals surface area contributed by atoms with Crippen LogP contribution in [0.3, 0.4) is 0 Å². The van der Waals surface area contributed by atoms with Crippen molar-refractivity contribution in [3.05, 3.63) is 74.9 Å². The minimum atomic E-state index is -0.934. The van der Waals surface area contributed by atoms with Gasteiger partial charge in [-0.25, -0.2) is 4.79 Å². The molecule has 0 saturated carbocycles. The lowest BCUT2D eigenvalue weighted by molar-refractivity contribution is 0.0697. The van der Waals surface area contributed by atoms with Crippen molar-refractivity contribution in [2.75, 3.05) is 5.32 Å². The fourth-order valence-electron chi connectivity index (χ4n) is 2.48. The number of hydrogen-bond donors (Lipinski definition) is 2. The molecule has 2 N–H and O–H groups in total. The second-order valence-corrected chi connectivity index (χ2v) is 6.90. The maximum Gasteiger partial charge on any atom is 0.335 e. The van der Waals surface area contributed by atoms with Crippen LogP contribution in [0.2, 0.25) is 5.02 Å². The highest BCUT2D eigenvalue weighted by molar-refractivity contribution is 9.10. The van der Waals surface area contributed by atoms with E-state index in [9.17, 15) is 4.79 Å². The summed E-state index contributed by atoms with van der Waals surface area (Å²) in [5, 5.41) is 12.9. The number of aryl methyl sites for hydroxylation is 1. The SMILES string of the molecule is Cc1cc(C(=O)O)ccc1NCc1ccc(-c2ccc(Br)cc2Cl)o1.